The van der Waals surface area contributed by atoms with Crippen LogP contribution in [0.2, 0.25) is 0 Å². The van der Waals surface area contributed by atoms with Crippen molar-refractivity contribution in [3.8, 4) is 5.75 Å². The van der Waals surface area contributed by atoms with Gasteiger partial charge in [0.1, 0.15) is 11.4 Å². The molecule has 2 heterocycles. The van der Waals surface area contributed by atoms with Crippen LogP contribution >= 0.6 is 0 Å². The topological polar surface area (TPSA) is 67.6 Å². The summed E-state index contributed by atoms with van der Waals surface area (Å²) in [5.74, 6) is 0.368. The van der Waals surface area contributed by atoms with Crippen LogP contribution in [-0.2, 0) is 28.6 Å². The predicted octanol–water partition coefficient (Wildman–Crippen LogP) is 1.83. The minimum Gasteiger partial charge on any atom is -0.508 e. The number of hydrogen-bond donors (Lipinski definition) is 1. The smallest absolute Gasteiger partial charge is 0.223 e. The van der Waals surface area contributed by atoms with Gasteiger partial charge in [0.2, 0.25) is 5.91 Å². The molecular weight excluding hydrogens is 306 g/mol. The standard InChI is InChI=1S/C18H23N3O3/c1-18(15-11-19-20(2)12-15)13-21(9-10-24-18)17(23)8-5-14-3-6-16(22)7-4-14/h3-4,6-7,11-12,22H,5,8-10,13H2,1-2H3. The van der Waals surface area contributed by atoms with Crippen LogP contribution < -0.4 is 0 Å². The van der Waals surface area contributed by atoms with Crippen LogP contribution in [-0.4, -0.2) is 45.4 Å². The lowest BCUT2D eigenvalue weighted by molar-refractivity contribution is -0.149. The number of carbonyl (C=O) groups is 1. The number of aryl methyl sites for hydroxylation is 2. The Bertz CT molecular complexity index is 711. The van der Waals surface area contributed by atoms with E-state index in [9.17, 15) is 9.90 Å². The molecule has 1 aromatic heterocycles. The van der Waals surface area contributed by atoms with E-state index < -0.39 is 5.60 Å². The number of nitrogens with zero attached hydrogens (tertiary/aromatic N) is 3. The second kappa shape index (κ2) is 6.65. The Kier molecular flexibility index (Phi) is 4.57. The first-order valence-electron chi connectivity index (χ1n) is 8.15. The highest BCUT2D eigenvalue weighted by atomic mass is 16.5. The molecule has 1 aliphatic rings. The van der Waals surface area contributed by atoms with Gasteiger partial charge in [0, 0.05) is 31.8 Å². The summed E-state index contributed by atoms with van der Waals surface area (Å²) in [6.45, 7) is 3.68. The molecule has 1 amide bonds. The minimum absolute atomic E-state index is 0.126. The first-order valence-corrected chi connectivity index (χ1v) is 8.15. The van der Waals surface area contributed by atoms with E-state index in [1.54, 1.807) is 23.0 Å². The number of phenolic OH excluding ortho intramolecular Hbond substituents is 1. The Labute approximate surface area is 141 Å². The van der Waals surface area contributed by atoms with Crippen molar-refractivity contribution in [1.82, 2.24) is 14.7 Å². The van der Waals surface area contributed by atoms with Crippen molar-refractivity contribution in [3.63, 3.8) is 0 Å². The van der Waals surface area contributed by atoms with E-state index in [1.165, 1.54) is 0 Å². The number of morpholine rings is 1. The van der Waals surface area contributed by atoms with Crippen LogP contribution in [0.4, 0.5) is 0 Å². The fourth-order valence-corrected chi connectivity index (χ4v) is 3.02. The van der Waals surface area contributed by atoms with Gasteiger partial charge in [-0.25, -0.2) is 0 Å². The molecule has 3 rings (SSSR count). The number of aromatic nitrogens is 2. The summed E-state index contributed by atoms with van der Waals surface area (Å²) in [5.41, 5.74) is 1.52. The monoisotopic (exact) mass is 329 g/mol. The molecule has 0 saturated carbocycles. The predicted molar refractivity (Wildman–Crippen MR) is 89.5 cm³/mol. The van der Waals surface area contributed by atoms with Crippen LogP contribution in [0.15, 0.2) is 36.7 Å². The Hall–Kier alpha value is -2.34. The average molecular weight is 329 g/mol. The zero-order chi connectivity index (χ0) is 17.2. The second-order valence-electron chi connectivity index (χ2n) is 6.46. The van der Waals surface area contributed by atoms with E-state index in [1.807, 2.05) is 37.2 Å². The lowest BCUT2D eigenvalue weighted by Gasteiger charge is -2.40. The van der Waals surface area contributed by atoms with Crippen LogP contribution in [0.25, 0.3) is 0 Å². The highest BCUT2D eigenvalue weighted by Crippen LogP contribution is 2.29. The van der Waals surface area contributed by atoms with Crippen LogP contribution in [0.5, 0.6) is 5.75 Å². The molecule has 0 spiro atoms. The molecule has 1 atom stereocenters. The van der Waals surface area contributed by atoms with Gasteiger partial charge in [0.25, 0.3) is 0 Å². The summed E-state index contributed by atoms with van der Waals surface area (Å²) >= 11 is 0. The van der Waals surface area contributed by atoms with Crippen molar-refractivity contribution in [2.45, 2.75) is 25.4 Å². The third kappa shape index (κ3) is 3.59. The third-order valence-electron chi connectivity index (χ3n) is 4.51. The number of phenols is 1. The van der Waals surface area contributed by atoms with Gasteiger partial charge < -0.3 is 14.7 Å². The SMILES string of the molecule is Cn1cc(C2(C)CN(C(=O)CCc3ccc(O)cc3)CCO2)cn1. The number of carbonyl (C=O) groups excluding carboxylic acids is 1. The summed E-state index contributed by atoms with van der Waals surface area (Å²) < 4.78 is 7.69. The minimum atomic E-state index is -0.513. The first-order chi connectivity index (χ1) is 11.5. The second-order valence-corrected chi connectivity index (χ2v) is 6.46. The molecule has 24 heavy (non-hydrogen) atoms. The maximum absolute atomic E-state index is 12.6. The molecule has 128 valence electrons. The van der Waals surface area contributed by atoms with Crippen molar-refractivity contribution in [2.75, 3.05) is 19.7 Å². The van der Waals surface area contributed by atoms with Crippen molar-refractivity contribution in [1.29, 1.82) is 0 Å². The number of amides is 1. The fraction of sp³-hybridized carbons (Fsp3) is 0.444. The molecule has 1 unspecified atom stereocenters. The Balaban J connectivity index is 1.61. The van der Waals surface area contributed by atoms with E-state index >= 15 is 0 Å². The zero-order valence-electron chi connectivity index (χ0n) is 14.1. The van der Waals surface area contributed by atoms with E-state index in [0.29, 0.717) is 32.5 Å². The summed E-state index contributed by atoms with van der Waals surface area (Å²) in [6, 6.07) is 6.99. The normalized spacial score (nSPS) is 21.0. The number of aromatic hydroxyl groups is 1. The highest BCUT2D eigenvalue weighted by Gasteiger charge is 2.36. The van der Waals surface area contributed by atoms with Crippen LogP contribution in [0.3, 0.4) is 0 Å². The summed E-state index contributed by atoms with van der Waals surface area (Å²) in [4.78, 5) is 14.4. The summed E-state index contributed by atoms with van der Waals surface area (Å²) in [7, 11) is 1.87. The fourth-order valence-electron chi connectivity index (χ4n) is 3.02. The molecule has 0 aliphatic carbocycles. The first kappa shape index (κ1) is 16.5. The molecule has 2 aromatic rings. The Morgan fingerprint density at radius 1 is 1.38 bits per heavy atom. The number of benzene rings is 1. The maximum Gasteiger partial charge on any atom is 0.223 e. The van der Waals surface area contributed by atoms with E-state index in [4.69, 9.17) is 4.74 Å². The molecule has 6 heteroatoms. The number of rotatable bonds is 4. The maximum atomic E-state index is 12.6. The zero-order valence-corrected chi connectivity index (χ0v) is 14.1. The third-order valence-corrected chi connectivity index (χ3v) is 4.51. The van der Waals surface area contributed by atoms with E-state index in [-0.39, 0.29) is 11.7 Å². The van der Waals surface area contributed by atoms with Crippen molar-refractivity contribution < 1.29 is 14.6 Å². The van der Waals surface area contributed by atoms with Gasteiger partial charge in [-0.05, 0) is 31.0 Å². The Morgan fingerprint density at radius 3 is 2.79 bits per heavy atom. The van der Waals surface area contributed by atoms with Gasteiger partial charge >= 0.3 is 0 Å². The van der Waals surface area contributed by atoms with E-state index in [2.05, 4.69) is 5.10 Å². The van der Waals surface area contributed by atoms with Crippen LogP contribution in [0.1, 0.15) is 24.5 Å². The molecule has 1 saturated heterocycles. The summed E-state index contributed by atoms with van der Waals surface area (Å²) in [6.07, 6.45) is 4.85. The molecule has 0 radical (unpaired) electrons. The van der Waals surface area contributed by atoms with Crippen LogP contribution in [0, 0.1) is 0 Å². The lowest BCUT2D eigenvalue weighted by Crippen LogP contribution is -2.50. The molecule has 1 fully saturated rings. The number of ether oxygens (including phenoxy) is 1. The van der Waals surface area contributed by atoms with Gasteiger partial charge in [-0.1, -0.05) is 12.1 Å². The summed E-state index contributed by atoms with van der Waals surface area (Å²) in [5, 5.41) is 13.5. The van der Waals surface area contributed by atoms with Gasteiger partial charge in [0.05, 0.1) is 19.3 Å². The average Bonchev–Trinajstić information content (AvgIpc) is 3.01. The Morgan fingerprint density at radius 2 is 2.12 bits per heavy atom. The van der Waals surface area contributed by atoms with Gasteiger partial charge in [-0.2, -0.15) is 5.10 Å². The highest BCUT2D eigenvalue weighted by molar-refractivity contribution is 5.76. The molecule has 1 aliphatic heterocycles. The van der Waals surface area contributed by atoms with Crippen molar-refractivity contribution in [3.05, 3.63) is 47.8 Å². The number of hydrogen-bond acceptors (Lipinski definition) is 4. The molecule has 0 bridgehead atoms. The molecule has 1 N–H and O–H groups in total. The van der Waals surface area contributed by atoms with E-state index in [0.717, 1.165) is 11.1 Å². The molecule has 1 aromatic carbocycles. The lowest BCUT2D eigenvalue weighted by atomic mass is 9.96. The quantitative estimate of drug-likeness (QED) is 0.929. The molecule has 6 nitrogen and oxygen atoms in total. The van der Waals surface area contributed by atoms with Gasteiger partial charge in [0.15, 0.2) is 0 Å². The van der Waals surface area contributed by atoms with Crippen molar-refractivity contribution in [2.24, 2.45) is 7.05 Å². The van der Waals surface area contributed by atoms with Crippen molar-refractivity contribution >= 4 is 5.91 Å². The van der Waals surface area contributed by atoms with Gasteiger partial charge in [-0.3, -0.25) is 9.48 Å². The van der Waals surface area contributed by atoms with Gasteiger partial charge in [-0.15, -0.1) is 0 Å². The molecular formula is C18H23N3O3. The largest absolute Gasteiger partial charge is 0.508 e.